The van der Waals surface area contributed by atoms with Crippen LogP contribution < -0.4 is 10.6 Å². The highest BCUT2D eigenvalue weighted by molar-refractivity contribution is 6.03. The number of aliphatic hydroxyl groups excluding tert-OH is 1. The lowest BCUT2D eigenvalue weighted by Crippen LogP contribution is -2.38. The van der Waals surface area contributed by atoms with Crippen molar-refractivity contribution in [2.45, 2.75) is 39.8 Å². The van der Waals surface area contributed by atoms with Gasteiger partial charge >= 0.3 is 0 Å². The minimum Gasteiger partial charge on any atom is -0.506 e. The van der Waals surface area contributed by atoms with Crippen molar-refractivity contribution in [2.24, 2.45) is 0 Å². The van der Waals surface area contributed by atoms with Crippen LogP contribution in [0.5, 0.6) is 5.75 Å². The Bertz CT molecular complexity index is 1300. The van der Waals surface area contributed by atoms with Crippen molar-refractivity contribution in [1.82, 2.24) is 10.6 Å². The van der Waals surface area contributed by atoms with Crippen molar-refractivity contribution in [2.75, 3.05) is 13.1 Å². The van der Waals surface area contributed by atoms with Gasteiger partial charge in [0.05, 0.1) is 23.3 Å². The highest BCUT2D eigenvalue weighted by Crippen LogP contribution is 2.32. The third-order valence-electron chi connectivity index (χ3n) is 5.75. The van der Waals surface area contributed by atoms with Crippen molar-refractivity contribution in [3.8, 4) is 5.75 Å². The maximum absolute atomic E-state index is 12.4. The molecule has 1 heterocycles. The van der Waals surface area contributed by atoms with E-state index in [2.05, 4.69) is 29.7 Å². The maximum Gasteiger partial charge on any atom is 0.255 e. The minimum atomic E-state index is -0.737. The number of halogens is 2. The van der Waals surface area contributed by atoms with Crippen LogP contribution in [0.4, 0.5) is 8.78 Å². The number of carbonyl (C=O) groups is 1. The van der Waals surface area contributed by atoms with Gasteiger partial charge in [-0.15, -0.1) is 0 Å². The Hall–Kier alpha value is -3.75. The summed E-state index contributed by atoms with van der Waals surface area (Å²) in [6.07, 6.45) is 1.73. The van der Waals surface area contributed by atoms with Gasteiger partial charge in [-0.3, -0.25) is 4.79 Å². The minimum absolute atomic E-state index is 0.0861. The molecule has 0 radical (unpaired) electrons. The zero-order valence-corrected chi connectivity index (χ0v) is 21.1. The quantitative estimate of drug-likeness (QED) is 0.263. The summed E-state index contributed by atoms with van der Waals surface area (Å²) in [5.74, 6) is -1.59. The van der Waals surface area contributed by atoms with Crippen molar-refractivity contribution >= 4 is 16.9 Å². The van der Waals surface area contributed by atoms with Crippen LogP contribution in [-0.2, 0) is 13.0 Å². The molecule has 1 unspecified atom stereocenters. The summed E-state index contributed by atoms with van der Waals surface area (Å²) in [6, 6.07) is 14.9. The first-order valence-electron chi connectivity index (χ1n) is 12.0. The number of amides is 1. The number of aromatic hydroxyl groups is 1. The van der Waals surface area contributed by atoms with Gasteiger partial charge in [-0.1, -0.05) is 31.2 Å². The van der Waals surface area contributed by atoms with Crippen LogP contribution in [0.25, 0.3) is 11.0 Å². The largest absolute Gasteiger partial charge is 0.506 e. The molecule has 0 aliphatic heterocycles. The highest BCUT2D eigenvalue weighted by Gasteiger charge is 2.18. The van der Waals surface area contributed by atoms with E-state index >= 15 is 0 Å². The molecule has 0 aliphatic rings. The second-order valence-electron chi connectivity index (χ2n) is 8.87. The van der Waals surface area contributed by atoms with E-state index in [0.29, 0.717) is 29.6 Å². The Balaban J connectivity index is 0.000000356. The lowest BCUT2D eigenvalue weighted by atomic mass is 10.1. The Labute approximate surface area is 214 Å². The fourth-order valence-electron chi connectivity index (χ4n) is 3.88. The number of nitrogens with one attached hydrogen (secondary N) is 2. The third-order valence-corrected chi connectivity index (χ3v) is 5.75. The number of rotatable bonds is 8. The summed E-state index contributed by atoms with van der Waals surface area (Å²) in [4.78, 5) is 12.4. The topological polar surface area (TPSA) is 94.7 Å². The number of benzene rings is 3. The summed E-state index contributed by atoms with van der Waals surface area (Å²) in [5, 5.41) is 26.8. The number of hydrogen-bond acceptors (Lipinski definition) is 5. The Kier molecular flexibility index (Phi) is 9.77. The van der Waals surface area contributed by atoms with Crippen LogP contribution in [0.2, 0.25) is 0 Å². The molecular formula is C29H32F2N2O4. The van der Waals surface area contributed by atoms with Gasteiger partial charge < -0.3 is 25.3 Å². The molecule has 1 aromatic heterocycles. The van der Waals surface area contributed by atoms with Gasteiger partial charge in [-0.25, -0.2) is 8.78 Å². The summed E-state index contributed by atoms with van der Waals surface area (Å²) in [6.45, 7) is 6.66. The molecule has 0 saturated carbocycles. The third kappa shape index (κ3) is 7.87. The normalized spacial score (nSPS) is 11.6. The maximum atomic E-state index is 12.4. The van der Waals surface area contributed by atoms with Gasteiger partial charge in [0, 0.05) is 25.7 Å². The van der Waals surface area contributed by atoms with Crippen LogP contribution >= 0.6 is 0 Å². The van der Waals surface area contributed by atoms with Crippen molar-refractivity contribution in [3.05, 3.63) is 100 Å². The fourth-order valence-corrected chi connectivity index (χ4v) is 3.88. The number of carbonyl (C=O) groups excluding carboxylic acids is 1. The molecule has 37 heavy (non-hydrogen) atoms. The van der Waals surface area contributed by atoms with E-state index in [4.69, 9.17) is 4.42 Å². The molecule has 0 saturated heterocycles. The molecule has 1 atom stereocenters. The van der Waals surface area contributed by atoms with Gasteiger partial charge in [0.25, 0.3) is 5.91 Å². The molecular weight excluding hydrogens is 478 g/mol. The lowest BCUT2D eigenvalue weighted by molar-refractivity contribution is 0.0912. The van der Waals surface area contributed by atoms with Crippen LogP contribution in [0.15, 0.2) is 65.3 Å². The zero-order valence-electron chi connectivity index (χ0n) is 21.1. The molecule has 4 N–H and O–H groups in total. The first kappa shape index (κ1) is 27.8. The Morgan fingerprint density at radius 2 is 1.70 bits per heavy atom. The molecule has 196 valence electrons. The van der Waals surface area contributed by atoms with E-state index in [1.807, 2.05) is 19.1 Å². The van der Waals surface area contributed by atoms with E-state index in [1.54, 1.807) is 19.1 Å². The number of hydrogen-bond donors (Lipinski definition) is 4. The second kappa shape index (κ2) is 13.0. The van der Waals surface area contributed by atoms with Crippen molar-refractivity contribution in [1.29, 1.82) is 0 Å². The molecule has 0 bridgehead atoms. The van der Waals surface area contributed by atoms with E-state index < -0.39 is 23.6 Å². The average Bonchev–Trinajstić information content (AvgIpc) is 3.36. The fraction of sp³-hybridized carbons (Fsp3) is 0.276. The number of fused-ring (bicyclic) bond motifs is 1. The molecule has 1 amide bonds. The van der Waals surface area contributed by atoms with Crippen molar-refractivity contribution < 1.29 is 28.2 Å². The first-order chi connectivity index (χ1) is 17.7. The summed E-state index contributed by atoms with van der Waals surface area (Å²) < 4.78 is 29.7. The SMILES string of the molecule is CCc1cccc(CNCC(O)CNC(=O)c2cc(C)c3occc3c2O)c1.Cc1cc(F)cc(F)c1. The van der Waals surface area contributed by atoms with E-state index in [0.717, 1.165) is 23.6 Å². The second-order valence-corrected chi connectivity index (χ2v) is 8.87. The van der Waals surface area contributed by atoms with Crippen molar-refractivity contribution in [3.63, 3.8) is 0 Å². The summed E-state index contributed by atoms with van der Waals surface area (Å²) in [7, 11) is 0. The summed E-state index contributed by atoms with van der Waals surface area (Å²) >= 11 is 0. The Morgan fingerprint density at radius 3 is 2.38 bits per heavy atom. The van der Waals surface area contributed by atoms with Gasteiger partial charge in [-0.2, -0.15) is 0 Å². The van der Waals surface area contributed by atoms with Gasteiger partial charge in [-0.05, 0) is 66.8 Å². The van der Waals surface area contributed by atoms with Crippen LogP contribution in [0.3, 0.4) is 0 Å². The molecule has 3 aromatic carbocycles. The molecule has 0 fully saturated rings. The molecule has 4 rings (SSSR count). The Morgan fingerprint density at radius 1 is 1.00 bits per heavy atom. The number of aryl methyl sites for hydroxylation is 3. The monoisotopic (exact) mass is 510 g/mol. The van der Waals surface area contributed by atoms with E-state index in [1.165, 1.54) is 24.0 Å². The molecule has 0 aliphatic carbocycles. The van der Waals surface area contributed by atoms with Crippen LogP contribution in [0, 0.1) is 25.5 Å². The lowest BCUT2D eigenvalue weighted by Gasteiger charge is -2.14. The van der Waals surface area contributed by atoms with Crippen LogP contribution in [-0.4, -0.2) is 35.3 Å². The molecule has 6 nitrogen and oxygen atoms in total. The molecule has 0 spiro atoms. The van der Waals surface area contributed by atoms with Crippen LogP contribution in [0.1, 0.15) is 39.5 Å². The zero-order chi connectivity index (χ0) is 26.9. The average molecular weight is 511 g/mol. The van der Waals surface area contributed by atoms with Gasteiger partial charge in [0.15, 0.2) is 0 Å². The molecule has 8 heteroatoms. The predicted molar refractivity (Wildman–Crippen MR) is 140 cm³/mol. The highest BCUT2D eigenvalue weighted by atomic mass is 19.1. The number of furan rings is 1. The number of aliphatic hydroxyl groups is 1. The number of phenols is 1. The molecule has 4 aromatic rings. The van der Waals surface area contributed by atoms with E-state index in [9.17, 15) is 23.8 Å². The smallest absolute Gasteiger partial charge is 0.255 e. The predicted octanol–water partition coefficient (Wildman–Crippen LogP) is 5.16. The van der Waals surface area contributed by atoms with Gasteiger partial charge in [0.2, 0.25) is 0 Å². The van der Waals surface area contributed by atoms with E-state index in [-0.39, 0.29) is 17.9 Å². The standard InChI is InChI=1S/C22H26N2O4.C7H6F2/c1-3-15-5-4-6-16(10-15)11-23-12-17(25)13-24-22(27)19-9-14(2)21-18(20(19)26)7-8-28-21;1-5-2-6(8)4-7(9)3-5/h4-10,17,23,25-26H,3,11-13H2,1-2H3,(H,24,27);2-4H,1H3. The number of phenolic OH excluding ortho intramolecular Hbond substituents is 1. The first-order valence-corrected chi connectivity index (χ1v) is 12.0. The summed E-state index contributed by atoms with van der Waals surface area (Å²) in [5.41, 5.74) is 4.53. The van der Waals surface area contributed by atoms with Gasteiger partial charge in [0.1, 0.15) is 23.0 Å².